The van der Waals surface area contributed by atoms with Crippen LogP contribution in [-0.2, 0) is 33.7 Å². The number of benzene rings is 1. The van der Waals surface area contributed by atoms with Gasteiger partial charge in [0.1, 0.15) is 0 Å². The van der Waals surface area contributed by atoms with E-state index in [1.807, 2.05) is 26.8 Å². The van der Waals surface area contributed by atoms with Gasteiger partial charge in [0.05, 0.1) is 11.5 Å². The second kappa shape index (κ2) is 12.9. The smallest absolute Gasteiger partial charge is 0.374 e. The molecule has 164 valence electrons. The number of primary amides is 1. The summed E-state index contributed by atoms with van der Waals surface area (Å²) in [6, 6.07) is 9.44. The number of rotatable bonds is 15. The summed E-state index contributed by atoms with van der Waals surface area (Å²) < 4.78 is 42.3. The molecule has 0 aromatic heterocycles. The van der Waals surface area contributed by atoms with Crippen molar-refractivity contribution in [3.05, 3.63) is 47.5 Å². The Bertz CT molecular complexity index is 734. The summed E-state index contributed by atoms with van der Waals surface area (Å²) in [6.07, 6.45) is 2.73. The van der Waals surface area contributed by atoms with Crippen molar-refractivity contribution >= 4 is 24.5 Å². The van der Waals surface area contributed by atoms with Crippen LogP contribution in [0.25, 0.3) is 0 Å². The van der Waals surface area contributed by atoms with Crippen LogP contribution >= 0.6 is 0 Å². The highest BCUT2D eigenvalue weighted by molar-refractivity contribution is 7.90. The van der Waals surface area contributed by atoms with Crippen LogP contribution < -0.4 is 5.73 Å². The summed E-state index contributed by atoms with van der Waals surface area (Å²) >= 11 is 0. The Morgan fingerprint density at radius 1 is 1.03 bits per heavy atom. The molecule has 29 heavy (non-hydrogen) atoms. The fourth-order valence-corrected chi connectivity index (χ4v) is 7.12. The summed E-state index contributed by atoms with van der Waals surface area (Å²) in [4.78, 5) is 11.8. The van der Waals surface area contributed by atoms with E-state index in [9.17, 15) is 13.2 Å². The number of carbonyl (C=O) groups is 1. The third kappa shape index (κ3) is 9.68. The van der Waals surface area contributed by atoms with Gasteiger partial charge in [-0.05, 0) is 39.2 Å². The van der Waals surface area contributed by atoms with Crippen molar-refractivity contribution < 1.29 is 26.5 Å². The fourth-order valence-electron chi connectivity index (χ4n) is 2.94. The van der Waals surface area contributed by atoms with Gasteiger partial charge < -0.3 is 19.0 Å². The molecule has 0 atom stereocenters. The predicted octanol–water partition coefficient (Wildman–Crippen LogP) is 2.84. The van der Waals surface area contributed by atoms with E-state index < -0.39 is 24.5 Å². The fraction of sp³-hybridized carbons (Fsp3) is 0.550. The molecule has 0 saturated heterocycles. The average Bonchev–Trinajstić information content (AvgIpc) is 2.65. The molecule has 0 unspecified atom stereocenters. The summed E-state index contributed by atoms with van der Waals surface area (Å²) in [7, 11) is -6.26. The van der Waals surface area contributed by atoms with E-state index in [0.29, 0.717) is 44.3 Å². The number of nitrogens with two attached hydrogens (primary N) is 1. The number of hydrogen-bond acceptors (Lipinski definition) is 6. The first-order valence-electron chi connectivity index (χ1n) is 9.92. The lowest BCUT2D eigenvalue weighted by Gasteiger charge is -2.28. The molecule has 2 N–H and O–H groups in total. The largest absolute Gasteiger partial charge is 0.500 e. The van der Waals surface area contributed by atoms with Gasteiger partial charge in [0.2, 0.25) is 5.91 Å². The zero-order valence-corrected chi connectivity index (χ0v) is 19.4. The number of carbonyl (C=O) groups excluding carboxylic acids is 1. The highest BCUT2D eigenvalue weighted by Gasteiger charge is 2.39. The van der Waals surface area contributed by atoms with Crippen LogP contribution in [0.1, 0.15) is 39.2 Å². The van der Waals surface area contributed by atoms with Crippen LogP contribution in [0.4, 0.5) is 0 Å². The molecule has 0 fully saturated rings. The third-order valence-corrected chi connectivity index (χ3v) is 8.77. The van der Waals surface area contributed by atoms with Crippen molar-refractivity contribution in [3.8, 4) is 0 Å². The lowest BCUT2D eigenvalue weighted by Crippen LogP contribution is -2.45. The Hall–Kier alpha value is -1.52. The van der Waals surface area contributed by atoms with Crippen LogP contribution in [-0.4, -0.2) is 48.7 Å². The van der Waals surface area contributed by atoms with Gasteiger partial charge in [0.15, 0.2) is 9.84 Å². The number of sulfone groups is 1. The van der Waals surface area contributed by atoms with Crippen molar-refractivity contribution in [2.45, 2.75) is 45.4 Å². The Labute approximate surface area is 175 Å². The second-order valence-corrected chi connectivity index (χ2v) is 11.3. The molecule has 7 nitrogen and oxygen atoms in total. The molecular weight excluding hydrogens is 410 g/mol. The van der Waals surface area contributed by atoms with E-state index in [1.54, 1.807) is 30.3 Å². The molecule has 0 radical (unpaired) electrons. The monoisotopic (exact) mass is 443 g/mol. The normalized spacial score (nSPS) is 12.9. The first-order valence-corrected chi connectivity index (χ1v) is 13.7. The molecule has 1 rings (SSSR count). The number of unbranched alkanes of at least 4 members (excludes halogenated alkanes) is 1. The Kier molecular flexibility index (Phi) is 11.4. The van der Waals surface area contributed by atoms with Crippen molar-refractivity contribution in [1.29, 1.82) is 0 Å². The van der Waals surface area contributed by atoms with Crippen molar-refractivity contribution in [2.24, 2.45) is 5.73 Å². The lowest BCUT2D eigenvalue weighted by molar-refractivity contribution is -0.114. The SMILES string of the molecule is CCO[Si](CCCC=C(CS(=O)(=O)Cc1ccccc1)C(N)=O)(OCC)OCC. The van der Waals surface area contributed by atoms with Crippen LogP contribution in [0.3, 0.4) is 0 Å². The van der Waals surface area contributed by atoms with Crippen LogP contribution in [0.5, 0.6) is 0 Å². The summed E-state index contributed by atoms with van der Waals surface area (Å²) in [5.74, 6) is -1.22. The van der Waals surface area contributed by atoms with E-state index in [4.69, 9.17) is 19.0 Å². The third-order valence-electron chi connectivity index (χ3n) is 4.09. The molecule has 1 amide bonds. The number of amides is 1. The first-order chi connectivity index (χ1) is 13.8. The van der Waals surface area contributed by atoms with Gasteiger partial charge in [0.25, 0.3) is 0 Å². The van der Waals surface area contributed by atoms with E-state index in [2.05, 4.69) is 0 Å². The minimum atomic E-state index is -3.50. The highest BCUT2D eigenvalue weighted by Crippen LogP contribution is 2.20. The first kappa shape index (κ1) is 25.5. The Morgan fingerprint density at radius 3 is 2.07 bits per heavy atom. The van der Waals surface area contributed by atoms with Gasteiger partial charge >= 0.3 is 8.80 Å². The van der Waals surface area contributed by atoms with Crippen molar-refractivity contribution in [1.82, 2.24) is 0 Å². The van der Waals surface area contributed by atoms with E-state index >= 15 is 0 Å². The van der Waals surface area contributed by atoms with Crippen LogP contribution in [0.2, 0.25) is 6.04 Å². The summed E-state index contributed by atoms with van der Waals surface area (Å²) in [5.41, 5.74) is 6.20. The Balaban J connectivity index is 2.75. The predicted molar refractivity (Wildman–Crippen MR) is 116 cm³/mol. The van der Waals surface area contributed by atoms with Gasteiger partial charge in [-0.2, -0.15) is 0 Å². The minimum absolute atomic E-state index is 0.109. The molecule has 0 heterocycles. The zero-order chi connectivity index (χ0) is 21.8. The molecule has 0 spiro atoms. The second-order valence-electron chi connectivity index (χ2n) is 6.49. The molecule has 9 heteroatoms. The maximum absolute atomic E-state index is 12.5. The van der Waals surface area contributed by atoms with Crippen molar-refractivity contribution in [3.63, 3.8) is 0 Å². The molecule has 0 aliphatic heterocycles. The van der Waals surface area contributed by atoms with Gasteiger partial charge in [-0.25, -0.2) is 8.42 Å². The molecule has 1 aromatic carbocycles. The average molecular weight is 444 g/mol. The molecular formula is C20H33NO6SSi. The molecule has 0 saturated carbocycles. The van der Waals surface area contributed by atoms with Gasteiger partial charge in [-0.1, -0.05) is 36.4 Å². The summed E-state index contributed by atoms with van der Waals surface area (Å²) in [6.45, 7) is 7.15. The maximum Gasteiger partial charge on any atom is 0.500 e. The quantitative estimate of drug-likeness (QED) is 0.254. The number of hydrogen-bond donors (Lipinski definition) is 1. The maximum atomic E-state index is 12.5. The molecule has 0 aliphatic carbocycles. The zero-order valence-electron chi connectivity index (χ0n) is 17.6. The Morgan fingerprint density at radius 2 is 1.59 bits per heavy atom. The minimum Gasteiger partial charge on any atom is -0.374 e. The highest BCUT2D eigenvalue weighted by atomic mass is 32.2. The molecule has 0 aliphatic rings. The van der Waals surface area contributed by atoms with Crippen molar-refractivity contribution in [2.75, 3.05) is 25.6 Å². The number of allylic oxidation sites excluding steroid dienone is 1. The van der Waals surface area contributed by atoms with E-state index in [-0.39, 0.29) is 17.1 Å². The standard InChI is InChI=1S/C20H33NO6SSi/c1-4-25-29(26-5-2,27-6-3)15-11-10-14-19(20(21)22)17-28(23,24)16-18-12-8-7-9-13-18/h7-9,12-14H,4-6,10-11,15-17H2,1-3H3,(H2,21,22). The molecule has 1 aromatic rings. The van der Waals surface area contributed by atoms with Crippen LogP contribution in [0, 0.1) is 0 Å². The molecule has 0 bridgehead atoms. The van der Waals surface area contributed by atoms with Gasteiger partial charge in [-0.15, -0.1) is 0 Å². The summed E-state index contributed by atoms with van der Waals surface area (Å²) in [5, 5.41) is 0. The lowest BCUT2D eigenvalue weighted by atomic mass is 10.2. The topological polar surface area (TPSA) is 105 Å². The van der Waals surface area contributed by atoms with E-state index in [1.165, 1.54) is 0 Å². The van der Waals surface area contributed by atoms with Gasteiger partial charge in [-0.3, -0.25) is 4.79 Å². The van der Waals surface area contributed by atoms with E-state index in [0.717, 1.165) is 0 Å². The van der Waals surface area contributed by atoms with Gasteiger partial charge in [0, 0.05) is 31.4 Å². The van der Waals surface area contributed by atoms with Crippen LogP contribution in [0.15, 0.2) is 42.0 Å².